The molecule has 0 amide bonds. The monoisotopic (exact) mass is 124 g/mol. The first kappa shape index (κ1) is 8.26. The molecule has 1 heteroatoms. The van der Waals surface area contributed by atoms with Crippen LogP contribution in [-0.4, -0.2) is 11.2 Å². The molecule has 1 atom stereocenters. The molecular weight excluding hydrogens is 112 g/mol. The Morgan fingerprint density at radius 1 is 1.67 bits per heavy atom. The number of rotatable bonds is 2. The summed E-state index contributed by atoms with van der Waals surface area (Å²) in [6.07, 6.45) is 3.96. The fourth-order valence-electron chi connectivity index (χ4n) is 0.461. The van der Waals surface area contributed by atoms with E-state index in [1.807, 2.05) is 13.0 Å². The van der Waals surface area contributed by atoms with Crippen LogP contribution in [0.25, 0.3) is 0 Å². The highest BCUT2D eigenvalue weighted by Crippen LogP contribution is 1.85. The van der Waals surface area contributed by atoms with Gasteiger partial charge in [-0.2, -0.15) is 0 Å². The lowest BCUT2D eigenvalue weighted by atomic mass is 10.3. The van der Waals surface area contributed by atoms with Crippen LogP contribution in [0, 0.1) is 11.8 Å². The highest BCUT2D eigenvalue weighted by molar-refractivity contribution is 5.10. The first-order valence-corrected chi connectivity index (χ1v) is 3.08. The molecule has 0 spiro atoms. The summed E-state index contributed by atoms with van der Waals surface area (Å²) in [5, 5.41) is 8.92. The van der Waals surface area contributed by atoms with Gasteiger partial charge in [-0.1, -0.05) is 18.9 Å². The summed E-state index contributed by atoms with van der Waals surface area (Å²) >= 11 is 0. The number of hydrogen-bond donors (Lipinski definition) is 1. The lowest BCUT2D eigenvalue weighted by Crippen LogP contribution is -1.95. The van der Waals surface area contributed by atoms with Gasteiger partial charge in [0.25, 0.3) is 0 Å². The largest absolute Gasteiger partial charge is 0.377 e. The Morgan fingerprint density at radius 3 is 2.78 bits per heavy atom. The SMILES string of the molecule is CC#CC(O)/C=C/CC. The number of hydrogen-bond acceptors (Lipinski definition) is 1. The minimum Gasteiger partial charge on any atom is -0.377 e. The van der Waals surface area contributed by atoms with Crippen molar-refractivity contribution in [3.05, 3.63) is 12.2 Å². The summed E-state index contributed by atoms with van der Waals surface area (Å²) < 4.78 is 0. The summed E-state index contributed by atoms with van der Waals surface area (Å²) in [4.78, 5) is 0. The third-order valence-corrected chi connectivity index (χ3v) is 0.846. The fourth-order valence-corrected chi connectivity index (χ4v) is 0.461. The smallest absolute Gasteiger partial charge is 0.133 e. The van der Waals surface area contributed by atoms with Gasteiger partial charge in [-0.25, -0.2) is 0 Å². The van der Waals surface area contributed by atoms with E-state index in [0.717, 1.165) is 6.42 Å². The molecule has 0 fully saturated rings. The van der Waals surface area contributed by atoms with Crippen LogP contribution in [0.4, 0.5) is 0 Å². The molecule has 0 aromatic carbocycles. The predicted octanol–water partition coefficient (Wildman–Crippen LogP) is 1.34. The van der Waals surface area contributed by atoms with E-state index in [0.29, 0.717) is 0 Å². The van der Waals surface area contributed by atoms with Gasteiger partial charge in [-0.05, 0) is 19.4 Å². The normalized spacial score (nSPS) is 12.8. The van der Waals surface area contributed by atoms with Crippen molar-refractivity contribution < 1.29 is 5.11 Å². The molecule has 0 aromatic heterocycles. The molecule has 50 valence electrons. The third-order valence-electron chi connectivity index (χ3n) is 0.846. The van der Waals surface area contributed by atoms with Gasteiger partial charge in [-0.3, -0.25) is 0 Å². The van der Waals surface area contributed by atoms with Crippen molar-refractivity contribution in [1.82, 2.24) is 0 Å². The summed E-state index contributed by atoms with van der Waals surface area (Å²) in [5.41, 5.74) is 0. The summed E-state index contributed by atoms with van der Waals surface area (Å²) in [5.74, 6) is 5.22. The van der Waals surface area contributed by atoms with Gasteiger partial charge in [-0.15, -0.1) is 5.92 Å². The number of allylic oxidation sites excluding steroid dienone is 1. The Balaban J connectivity index is 3.57. The van der Waals surface area contributed by atoms with Gasteiger partial charge in [0.1, 0.15) is 6.10 Å². The summed E-state index contributed by atoms with van der Waals surface area (Å²) in [6, 6.07) is 0. The van der Waals surface area contributed by atoms with Crippen molar-refractivity contribution in [3.8, 4) is 11.8 Å². The van der Waals surface area contributed by atoms with E-state index in [9.17, 15) is 0 Å². The zero-order valence-electron chi connectivity index (χ0n) is 5.89. The molecule has 0 aliphatic carbocycles. The topological polar surface area (TPSA) is 20.2 Å². The van der Waals surface area contributed by atoms with Crippen molar-refractivity contribution in [1.29, 1.82) is 0 Å². The quantitative estimate of drug-likeness (QED) is 0.435. The minimum atomic E-state index is -0.574. The molecule has 0 aromatic rings. The summed E-state index contributed by atoms with van der Waals surface area (Å²) in [6.45, 7) is 3.73. The molecule has 0 saturated carbocycles. The maximum absolute atomic E-state index is 8.92. The molecule has 0 rings (SSSR count). The Morgan fingerprint density at radius 2 is 2.33 bits per heavy atom. The van der Waals surface area contributed by atoms with Crippen LogP contribution in [0.5, 0.6) is 0 Å². The van der Waals surface area contributed by atoms with Gasteiger partial charge in [0, 0.05) is 0 Å². The second kappa shape index (κ2) is 5.40. The van der Waals surface area contributed by atoms with Gasteiger partial charge in [0.2, 0.25) is 0 Å². The van der Waals surface area contributed by atoms with E-state index in [2.05, 4.69) is 11.8 Å². The molecule has 9 heavy (non-hydrogen) atoms. The zero-order chi connectivity index (χ0) is 7.11. The van der Waals surface area contributed by atoms with Crippen LogP contribution in [0.15, 0.2) is 12.2 Å². The average molecular weight is 124 g/mol. The van der Waals surface area contributed by atoms with Gasteiger partial charge >= 0.3 is 0 Å². The number of aliphatic hydroxyl groups is 1. The van der Waals surface area contributed by atoms with E-state index >= 15 is 0 Å². The van der Waals surface area contributed by atoms with Gasteiger partial charge < -0.3 is 5.11 Å². The van der Waals surface area contributed by atoms with Crippen LogP contribution < -0.4 is 0 Å². The van der Waals surface area contributed by atoms with Crippen LogP contribution >= 0.6 is 0 Å². The van der Waals surface area contributed by atoms with E-state index in [1.165, 1.54) is 0 Å². The van der Waals surface area contributed by atoms with Crippen molar-refractivity contribution >= 4 is 0 Å². The Hall–Kier alpha value is -0.740. The minimum absolute atomic E-state index is 0.574. The van der Waals surface area contributed by atoms with Crippen LogP contribution in [0.3, 0.4) is 0 Å². The summed E-state index contributed by atoms with van der Waals surface area (Å²) in [7, 11) is 0. The standard InChI is InChI=1S/C8H12O/c1-3-5-7-8(9)6-4-2/h5,7-9H,3H2,1-2H3/b7-5+. The van der Waals surface area contributed by atoms with E-state index in [4.69, 9.17) is 5.11 Å². The van der Waals surface area contributed by atoms with Gasteiger partial charge in [0.15, 0.2) is 0 Å². The second-order valence-corrected chi connectivity index (χ2v) is 1.68. The first-order valence-electron chi connectivity index (χ1n) is 3.08. The number of aliphatic hydroxyl groups excluding tert-OH is 1. The lowest BCUT2D eigenvalue weighted by Gasteiger charge is -1.89. The van der Waals surface area contributed by atoms with Crippen molar-refractivity contribution in [2.45, 2.75) is 26.4 Å². The lowest BCUT2D eigenvalue weighted by molar-refractivity contribution is 0.280. The van der Waals surface area contributed by atoms with E-state index in [1.54, 1.807) is 13.0 Å². The van der Waals surface area contributed by atoms with E-state index < -0.39 is 6.10 Å². The van der Waals surface area contributed by atoms with Crippen LogP contribution in [-0.2, 0) is 0 Å². The van der Waals surface area contributed by atoms with Crippen molar-refractivity contribution in [3.63, 3.8) is 0 Å². The molecule has 0 saturated heterocycles. The zero-order valence-corrected chi connectivity index (χ0v) is 5.89. The third kappa shape index (κ3) is 5.13. The molecule has 1 unspecified atom stereocenters. The van der Waals surface area contributed by atoms with Crippen LogP contribution in [0.1, 0.15) is 20.3 Å². The van der Waals surface area contributed by atoms with Gasteiger partial charge in [0.05, 0.1) is 0 Å². The van der Waals surface area contributed by atoms with Crippen molar-refractivity contribution in [2.24, 2.45) is 0 Å². The Kier molecular flexibility index (Phi) is 4.95. The Bertz CT molecular complexity index is 136. The molecule has 0 bridgehead atoms. The molecule has 1 nitrogen and oxygen atoms in total. The highest BCUT2D eigenvalue weighted by atomic mass is 16.3. The van der Waals surface area contributed by atoms with E-state index in [-0.39, 0.29) is 0 Å². The molecule has 0 heterocycles. The second-order valence-electron chi connectivity index (χ2n) is 1.68. The van der Waals surface area contributed by atoms with Crippen molar-refractivity contribution in [2.75, 3.05) is 0 Å². The molecule has 0 aliphatic heterocycles. The predicted molar refractivity (Wildman–Crippen MR) is 38.9 cm³/mol. The van der Waals surface area contributed by atoms with Crippen LogP contribution in [0.2, 0.25) is 0 Å². The average Bonchev–Trinajstić information content (AvgIpc) is 1.85. The highest BCUT2D eigenvalue weighted by Gasteiger charge is 1.85. The molecule has 0 radical (unpaired) electrons. The molecule has 0 aliphatic rings. The molecular formula is C8H12O. The molecule has 1 N–H and O–H groups in total. The maximum Gasteiger partial charge on any atom is 0.133 e. The Labute approximate surface area is 56.4 Å². The maximum atomic E-state index is 8.92. The fraction of sp³-hybridized carbons (Fsp3) is 0.500. The first-order chi connectivity index (χ1) is 4.31.